The van der Waals surface area contributed by atoms with Crippen molar-refractivity contribution in [3.63, 3.8) is 0 Å². The smallest absolute Gasteiger partial charge is 0.251 e. The summed E-state index contributed by atoms with van der Waals surface area (Å²) >= 11 is 0. The number of nitrogens with zero attached hydrogens (tertiary/aromatic N) is 1. The maximum atomic E-state index is 12.3. The fourth-order valence-electron chi connectivity index (χ4n) is 2.74. The van der Waals surface area contributed by atoms with Gasteiger partial charge in [0.2, 0.25) is 10.0 Å². The maximum Gasteiger partial charge on any atom is 0.251 e. The van der Waals surface area contributed by atoms with Gasteiger partial charge in [-0.15, -0.1) is 0 Å². The molecule has 1 heterocycles. The first-order chi connectivity index (χ1) is 12.3. The van der Waals surface area contributed by atoms with Crippen molar-refractivity contribution in [3.8, 4) is 11.5 Å². The minimum absolute atomic E-state index is 0.0805. The molecule has 0 aromatic heterocycles. The van der Waals surface area contributed by atoms with Gasteiger partial charge in [-0.3, -0.25) is 4.79 Å². The van der Waals surface area contributed by atoms with Crippen LogP contribution in [0.1, 0.15) is 23.2 Å². The van der Waals surface area contributed by atoms with Crippen molar-refractivity contribution in [1.29, 1.82) is 0 Å². The summed E-state index contributed by atoms with van der Waals surface area (Å²) in [7, 11) is -0.363. The van der Waals surface area contributed by atoms with Crippen molar-refractivity contribution in [2.24, 2.45) is 0 Å². The Morgan fingerprint density at radius 1 is 1.27 bits per heavy atom. The van der Waals surface area contributed by atoms with Gasteiger partial charge in [0.1, 0.15) is 11.5 Å². The third-order valence-electron chi connectivity index (χ3n) is 4.16. The van der Waals surface area contributed by atoms with Crippen LogP contribution in [-0.4, -0.2) is 71.5 Å². The molecule has 26 heavy (non-hydrogen) atoms. The lowest BCUT2D eigenvalue weighted by atomic mass is 10.2. The number of hydrogen-bond donors (Lipinski definition) is 1. The normalized spacial score (nSPS) is 17.3. The minimum atomic E-state index is -3.37. The summed E-state index contributed by atoms with van der Waals surface area (Å²) in [4.78, 5) is 12.3. The number of methoxy groups -OCH3 is 2. The summed E-state index contributed by atoms with van der Waals surface area (Å²) in [5.41, 5.74) is 0.381. The SMILES string of the molecule is COc1cc(OC)cc(C(=O)NCCN(CC2CCCO2)S(C)(=O)=O)c1. The Morgan fingerprint density at radius 3 is 2.42 bits per heavy atom. The molecule has 0 bridgehead atoms. The molecular formula is C17H26N2O6S. The summed E-state index contributed by atoms with van der Waals surface area (Å²) in [5, 5.41) is 2.73. The lowest BCUT2D eigenvalue weighted by Crippen LogP contribution is -2.41. The van der Waals surface area contributed by atoms with Gasteiger partial charge in [-0.1, -0.05) is 0 Å². The van der Waals surface area contributed by atoms with Crippen LogP contribution in [0.5, 0.6) is 11.5 Å². The molecule has 8 nitrogen and oxygen atoms in total. The van der Waals surface area contributed by atoms with Crippen LogP contribution in [0.25, 0.3) is 0 Å². The molecule has 0 saturated carbocycles. The largest absolute Gasteiger partial charge is 0.497 e. The zero-order chi connectivity index (χ0) is 19.2. The molecule has 1 aliphatic rings. The van der Waals surface area contributed by atoms with Gasteiger partial charge in [-0.25, -0.2) is 8.42 Å². The van der Waals surface area contributed by atoms with Crippen molar-refractivity contribution in [3.05, 3.63) is 23.8 Å². The Balaban J connectivity index is 1.94. The van der Waals surface area contributed by atoms with Crippen molar-refractivity contribution in [2.45, 2.75) is 18.9 Å². The number of ether oxygens (including phenoxy) is 3. The Hall–Kier alpha value is -1.84. The molecule has 1 unspecified atom stereocenters. The van der Waals surface area contributed by atoms with E-state index < -0.39 is 10.0 Å². The van der Waals surface area contributed by atoms with E-state index in [1.807, 2.05) is 0 Å². The number of sulfonamides is 1. The van der Waals surface area contributed by atoms with Gasteiger partial charge in [0, 0.05) is 37.9 Å². The van der Waals surface area contributed by atoms with Gasteiger partial charge in [0.25, 0.3) is 5.91 Å². The van der Waals surface area contributed by atoms with E-state index >= 15 is 0 Å². The predicted octanol–water partition coefficient (Wildman–Crippen LogP) is 0.874. The number of hydrogen-bond acceptors (Lipinski definition) is 6. The molecule has 0 aliphatic carbocycles. The second kappa shape index (κ2) is 9.20. The molecule has 0 radical (unpaired) electrons. The van der Waals surface area contributed by atoms with Gasteiger partial charge in [0.05, 0.1) is 26.6 Å². The number of benzene rings is 1. The molecule has 146 valence electrons. The predicted molar refractivity (Wildman–Crippen MR) is 97.3 cm³/mol. The third kappa shape index (κ3) is 5.86. The highest BCUT2D eigenvalue weighted by Crippen LogP contribution is 2.22. The fourth-order valence-corrected chi connectivity index (χ4v) is 3.60. The average Bonchev–Trinajstić information content (AvgIpc) is 3.12. The van der Waals surface area contributed by atoms with E-state index in [4.69, 9.17) is 14.2 Å². The van der Waals surface area contributed by atoms with E-state index in [9.17, 15) is 13.2 Å². The van der Waals surface area contributed by atoms with Gasteiger partial charge in [0.15, 0.2) is 0 Å². The second-order valence-corrected chi connectivity index (χ2v) is 8.10. The number of rotatable bonds is 9. The summed E-state index contributed by atoms with van der Waals surface area (Å²) in [6.07, 6.45) is 2.87. The molecular weight excluding hydrogens is 360 g/mol. The molecule has 1 N–H and O–H groups in total. The van der Waals surface area contributed by atoms with Crippen LogP contribution in [0.15, 0.2) is 18.2 Å². The van der Waals surface area contributed by atoms with Crippen LogP contribution in [0.2, 0.25) is 0 Å². The van der Waals surface area contributed by atoms with Gasteiger partial charge in [-0.05, 0) is 25.0 Å². The Bertz CT molecular complexity index is 694. The second-order valence-electron chi connectivity index (χ2n) is 6.11. The van der Waals surface area contributed by atoms with Crippen LogP contribution >= 0.6 is 0 Å². The number of nitrogens with one attached hydrogen (secondary N) is 1. The zero-order valence-electron chi connectivity index (χ0n) is 15.4. The molecule has 2 rings (SSSR count). The summed E-state index contributed by atoms with van der Waals surface area (Å²) in [6.45, 7) is 1.35. The molecule has 1 saturated heterocycles. The lowest BCUT2D eigenvalue weighted by molar-refractivity contribution is 0.0910. The van der Waals surface area contributed by atoms with Crippen molar-refractivity contribution < 1.29 is 27.4 Å². The first-order valence-electron chi connectivity index (χ1n) is 8.41. The highest BCUT2D eigenvalue weighted by Gasteiger charge is 2.24. The summed E-state index contributed by atoms with van der Waals surface area (Å²) < 4.78 is 41.1. The van der Waals surface area contributed by atoms with Crippen LogP contribution in [0.4, 0.5) is 0 Å². The van der Waals surface area contributed by atoms with Crippen molar-refractivity contribution in [2.75, 3.05) is 46.7 Å². The van der Waals surface area contributed by atoms with Crippen molar-refractivity contribution in [1.82, 2.24) is 9.62 Å². The van der Waals surface area contributed by atoms with E-state index in [0.717, 1.165) is 19.1 Å². The summed E-state index contributed by atoms with van der Waals surface area (Å²) in [5.74, 6) is 0.684. The molecule has 0 spiro atoms. The van der Waals surface area contributed by atoms with E-state index in [2.05, 4.69) is 5.32 Å². The van der Waals surface area contributed by atoms with Crippen LogP contribution in [-0.2, 0) is 14.8 Å². The summed E-state index contributed by atoms with van der Waals surface area (Å²) in [6, 6.07) is 4.86. The highest BCUT2D eigenvalue weighted by atomic mass is 32.2. The van der Waals surface area contributed by atoms with E-state index in [1.54, 1.807) is 18.2 Å². The van der Waals surface area contributed by atoms with E-state index in [-0.39, 0.29) is 25.1 Å². The first-order valence-corrected chi connectivity index (χ1v) is 10.3. The topological polar surface area (TPSA) is 94.2 Å². The molecule has 1 fully saturated rings. The van der Waals surface area contributed by atoms with Crippen molar-refractivity contribution >= 4 is 15.9 Å². The molecule has 9 heteroatoms. The minimum Gasteiger partial charge on any atom is -0.497 e. The molecule has 1 aromatic rings. The van der Waals surface area contributed by atoms with Crippen LogP contribution in [0.3, 0.4) is 0 Å². The monoisotopic (exact) mass is 386 g/mol. The quantitative estimate of drug-likeness (QED) is 0.677. The Morgan fingerprint density at radius 2 is 1.92 bits per heavy atom. The lowest BCUT2D eigenvalue weighted by Gasteiger charge is -2.23. The zero-order valence-corrected chi connectivity index (χ0v) is 16.2. The first kappa shape index (κ1) is 20.5. The van der Waals surface area contributed by atoms with E-state index in [1.165, 1.54) is 18.5 Å². The molecule has 1 amide bonds. The number of carbonyl (C=O) groups is 1. The van der Waals surface area contributed by atoms with Gasteiger partial charge in [-0.2, -0.15) is 4.31 Å². The Kier molecular flexibility index (Phi) is 7.24. The van der Waals surface area contributed by atoms with Gasteiger partial charge >= 0.3 is 0 Å². The molecule has 1 aliphatic heterocycles. The van der Waals surface area contributed by atoms with Gasteiger partial charge < -0.3 is 19.5 Å². The van der Waals surface area contributed by atoms with Crippen LogP contribution in [0, 0.1) is 0 Å². The van der Waals surface area contributed by atoms with Crippen LogP contribution < -0.4 is 14.8 Å². The standard InChI is InChI=1S/C17H26N2O6S/c1-23-15-9-13(10-16(11-15)24-2)17(20)18-6-7-19(26(3,21)22)12-14-5-4-8-25-14/h9-11,14H,4-8,12H2,1-3H3,(H,18,20). The molecule has 1 atom stereocenters. The molecule has 1 aromatic carbocycles. The number of amides is 1. The van der Waals surface area contributed by atoms with E-state index in [0.29, 0.717) is 30.2 Å². The highest BCUT2D eigenvalue weighted by molar-refractivity contribution is 7.88. The maximum absolute atomic E-state index is 12.3. The Labute approximate surface area is 154 Å². The number of carbonyl (C=O) groups excluding carboxylic acids is 1. The average molecular weight is 386 g/mol. The third-order valence-corrected chi connectivity index (χ3v) is 5.43. The fraction of sp³-hybridized carbons (Fsp3) is 0.588.